The maximum Gasteiger partial charge on any atom is 0.262 e. The zero-order chi connectivity index (χ0) is 11.4. The second kappa shape index (κ2) is 4.59. The molecule has 5 heteroatoms. The van der Waals surface area contributed by atoms with E-state index in [9.17, 15) is 4.79 Å². The fourth-order valence-corrected chi connectivity index (χ4v) is 2.18. The van der Waals surface area contributed by atoms with Gasteiger partial charge in [0.25, 0.3) is 5.91 Å². The average molecular weight is 235 g/mol. The Morgan fingerprint density at radius 1 is 1.44 bits per heavy atom. The molecule has 0 spiro atoms. The predicted octanol–water partition coefficient (Wildman–Crippen LogP) is 1.09. The minimum absolute atomic E-state index is 0.129. The molecular weight excluding hydrogens is 222 g/mol. The molecule has 2 rings (SSSR count). The molecule has 0 saturated carbocycles. The van der Waals surface area contributed by atoms with Gasteiger partial charge in [-0.25, -0.2) is 0 Å². The number of hydrogen-bond donors (Lipinski definition) is 3. The third-order valence-corrected chi connectivity index (χ3v) is 3.48. The van der Waals surface area contributed by atoms with Crippen molar-refractivity contribution in [3.8, 4) is 0 Å². The first-order chi connectivity index (χ1) is 7.77. The van der Waals surface area contributed by atoms with Gasteiger partial charge >= 0.3 is 0 Å². The van der Waals surface area contributed by atoms with Crippen LogP contribution in [-0.4, -0.2) is 17.3 Å². The van der Waals surface area contributed by atoms with Gasteiger partial charge in [-0.2, -0.15) is 0 Å². The average Bonchev–Trinajstić information content (AvgIpc) is 2.80. The number of nitrogens with two attached hydrogens (primary N) is 1. The summed E-state index contributed by atoms with van der Waals surface area (Å²) in [5, 5.41) is 7.65. The van der Waals surface area contributed by atoms with Crippen LogP contribution in [0.2, 0.25) is 0 Å². The summed E-state index contributed by atoms with van der Waals surface area (Å²) in [5.74, 6) is -0.129. The fourth-order valence-electron chi connectivity index (χ4n) is 1.43. The molecule has 0 saturated heterocycles. The lowest BCUT2D eigenvalue weighted by Crippen LogP contribution is -2.53. The lowest BCUT2D eigenvalue weighted by Gasteiger charge is -2.25. The van der Waals surface area contributed by atoms with Crippen LogP contribution in [0.25, 0.3) is 0 Å². The van der Waals surface area contributed by atoms with Crippen molar-refractivity contribution < 1.29 is 4.79 Å². The highest BCUT2D eigenvalue weighted by Gasteiger charge is 2.38. The lowest BCUT2D eigenvalue weighted by molar-refractivity contribution is -0.118. The van der Waals surface area contributed by atoms with E-state index in [2.05, 4.69) is 10.6 Å². The number of hydrogen-bond acceptors (Lipinski definition) is 4. The monoisotopic (exact) mass is 235 g/mol. The highest BCUT2D eigenvalue weighted by atomic mass is 32.2. The summed E-state index contributed by atoms with van der Waals surface area (Å²) in [5.41, 5.74) is 6.41. The maximum absolute atomic E-state index is 12.1. The highest BCUT2D eigenvalue weighted by molar-refractivity contribution is 8.04. The van der Waals surface area contributed by atoms with Crippen molar-refractivity contribution in [1.29, 1.82) is 0 Å². The van der Waals surface area contributed by atoms with Crippen LogP contribution in [0, 0.1) is 0 Å². The zero-order valence-electron chi connectivity index (χ0n) is 8.64. The summed E-state index contributed by atoms with van der Waals surface area (Å²) < 4.78 is 0. The molecule has 0 aliphatic carbocycles. The molecular formula is C11H13N3OS. The summed E-state index contributed by atoms with van der Waals surface area (Å²) in [6.45, 7) is 0.239. The van der Waals surface area contributed by atoms with E-state index in [4.69, 9.17) is 5.73 Å². The molecule has 1 unspecified atom stereocenters. The molecule has 0 radical (unpaired) electrons. The van der Waals surface area contributed by atoms with E-state index in [1.54, 1.807) is 6.20 Å². The molecule has 0 bridgehead atoms. The van der Waals surface area contributed by atoms with Gasteiger partial charge in [0.1, 0.15) is 0 Å². The van der Waals surface area contributed by atoms with Crippen LogP contribution in [0.4, 0.5) is 5.69 Å². The summed E-state index contributed by atoms with van der Waals surface area (Å²) in [4.78, 5) is 11.3. The molecule has 1 heterocycles. The normalized spacial score (nSPS) is 22.8. The van der Waals surface area contributed by atoms with E-state index in [1.807, 2.05) is 35.7 Å². The highest BCUT2D eigenvalue weighted by Crippen LogP contribution is 2.28. The van der Waals surface area contributed by atoms with E-state index < -0.39 is 4.87 Å². The minimum atomic E-state index is -0.768. The van der Waals surface area contributed by atoms with Crippen molar-refractivity contribution in [2.75, 3.05) is 11.9 Å². The second-order valence-corrected chi connectivity index (χ2v) is 4.62. The summed E-state index contributed by atoms with van der Waals surface area (Å²) in [6, 6.07) is 9.33. The Balaban J connectivity index is 2.08. The fraction of sp³-hybridized carbons (Fsp3) is 0.182. The Labute approximate surface area is 98.3 Å². The van der Waals surface area contributed by atoms with Gasteiger partial charge in [0.05, 0.1) is 0 Å². The first kappa shape index (κ1) is 11.0. The van der Waals surface area contributed by atoms with E-state index >= 15 is 0 Å². The van der Waals surface area contributed by atoms with E-state index in [-0.39, 0.29) is 12.5 Å². The van der Waals surface area contributed by atoms with Crippen molar-refractivity contribution in [2.45, 2.75) is 4.87 Å². The second-order valence-electron chi connectivity index (χ2n) is 3.42. The first-order valence-corrected chi connectivity index (χ1v) is 5.82. The molecule has 1 aromatic carbocycles. The summed E-state index contributed by atoms with van der Waals surface area (Å²) >= 11 is 1.39. The number of amides is 1. The molecule has 0 aromatic heterocycles. The Morgan fingerprint density at radius 3 is 2.75 bits per heavy atom. The van der Waals surface area contributed by atoms with Gasteiger partial charge in [0, 0.05) is 18.4 Å². The van der Waals surface area contributed by atoms with E-state index in [0.717, 1.165) is 5.69 Å². The molecule has 1 amide bonds. The van der Waals surface area contributed by atoms with Crippen LogP contribution >= 0.6 is 11.8 Å². The summed E-state index contributed by atoms with van der Waals surface area (Å²) in [6.07, 6.45) is 1.74. The van der Waals surface area contributed by atoms with Gasteiger partial charge in [0.2, 0.25) is 0 Å². The number of anilines is 1. The zero-order valence-corrected chi connectivity index (χ0v) is 9.46. The minimum Gasteiger partial charge on any atom is -0.367 e. The Bertz CT molecular complexity index is 397. The standard InChI is InChI=1S/C11H13N3OS/c12-8-11(13-6-7-16-11)10(15)14-9-4-2-1-3-5-9/h1-7,13H,8,12H2,(H,14,15). The number of carbonyl (C=O) groups excluding carboxylic acids is 1. The van der Waals surface area contributed by atoms with Crippen molar-refractivity contribution in [1.82, 2.24) is 5.32 Å². The van der Waals surface area contributed by atoms with Crippen molar-refractivity contribution in [2.24, 2.45) is 5.73 Å². The number of para-hydroxylation sites is 1. The van der Waals surface area contributed by atoms with Crippen LogP contribution in [0.5, 0.6) is 0 Å². The Kier molecular flexibility index (Phi) is 3.17. The van der Waals surface area contributed by atoms with Gasteiger partial charge in [-0.1, -0.05) is 30.0 Å². The van der Waals surface area contributed by atoms with E-state index in [0.29, 0.717) is 0 Å². The first-order valence-electron chi connectivity index (χ1n) is 4.94. The SMILES string of the molecule is NCC1(C(=O)Nc2ccccc2)NC=CS1. The van der Waals surface area contributed by atoms with Crippen molar-refractivity contribution in [3.63, 3.8) is 0 Å². The number of thioether (sulfide) groups is 1. The van der Waals surface area contributed by atoms with Gasteiger partial charge in [-0.3, -0.25) is 4.79 Å². The largest absolute Gasteiger partial charge is 0.367 e. The van der Waals surface area contributed by atoms with Gasteiger partial charge < -0.3 is 16.4 Å². The van der Waals surface area contributed by atoms with Gasteiger partial charge in [-0.15, -0.1) is 0 Å². The lowest BCUT2D eigenvalue weighted by atomic mass is 10.2. The van der Waals surface area contributed by atoms with Crippen LogP contribution in [-0.2, 0) is 4.79 Å². The number of rotatable bonds is 3. The molecule has 1 aliphatic heterocycles. The Morgan fingerprint density at radius 2 is 2.19 bits per heavy atom. The molecule has 84 valence electrons. The maximum atomic E-state index is 12.1. The molecule has 1 aromatic rings. The molecule has 1 atom stereocenters. The van der Waals surface area contributed by atoms with Crippen LogP contribution in [0.15, 0.2) is 41.9 Å². The van der Waals surface area contributed by atoms with Gasteiger partial charge in [-0.05, 0) is 17.5 Å². The third kappa shape index (κ3) is 2.05. The summed E-state index contributed by atoms with van der Waals surface area (Å²) in [7, 11) is 0. The van der Waals surface area contributed by atoms with E-state index in [1.165, 1.54) is 11.8 Å². The smallest absolute Gasteiger partial charge is 0.262 e. The number of nitrogens with one attached hydrogen (secondary N) is 2. The molecule has 1 aliphatic rings. The quantitative estimate of drug-likeness (QED) is 0.733. The number of carbonyl (C=O) groups is 1. The van der Waals surface area contributed by atoms with Crippen LogP contribution < -0.4 is 16.4 Å². The Hall–Kier alpha value is -1.46. The molecule has 0 fully saturated rings. The van der Waals surface area contributed by atoms with Crippen molar-refractivity contribution in [3.05, 3.63) is 41.9 Å². The van der Waals surface area contributed by atoms with Crippen LogP contribution in [0.1, 0.15) is 0 Å². The topological polar surface area (TPSA) is 67.2 Å². The molecule has 4 nitrogen and oxygen atoms in total. The predicted molar refractivity (Wildman–Crippen MR) is 66.7 cm³/mol. The molecule has 4 N–H and O–H groups in total. The molecule has 16 heavy (non-hydrogen) atoms. The van der Waals surface area contributed by atoms with Crippen LogP contribution in [0.3, 0.4) is 0 Å². The van der Waals surface area contributed by atoms with Gasteiger partial charge in [0.15, 0.2) is 4.87 Å². The third-order valence-electron chi connectivity index (χ3n) is 2.34. The van der Waals surface area contributed by atoms with Crippen molar-refractivity contribution >= 4 is 23.4 Å². The number of benzene rings is 1.